The minimum absolute atomic E-state index is 0.0508. The van der Waals surface area contributed by atoms with Crippen molar-refractivity contribution in [1.29, 1.82) is 0 Å². The topological polar surface area (TPSA) is 51.0 Å². The normalized spacial score (nSPS) is 11.0. The van der Waals surface area contributed by atoms with E-state index in [-0.39, 0.29) is 5.91 Å². The molecule has 1 amide bonds. The van der Waals surface area contributed by atoms with Crippen LogP contribution in [0.2, 0.25) is 5.02 Å². The van der Waals surface area contributed by atoms with Crippen molar-refractivity contribution < 1.29 is 4.79 Å². The highest BCUT2D eigenvalue weighted by Crippen LogP contribution is 2.35. The third kappa shape index (κ3) is 4.75. The van der Waals surface area contributed by atoms with Crippen LogP contribution in [0, 0.1) is 20.8 Å². The van der Waals surface area contributed by atoms with Crippen LogP contribution < -0.4 is 4.90 Å². The van der Waals surface area contributed by atoms with E-state index in [4.69, 9.17) is 16.6 Å². The number of aromatic nitrogens is 3. The van der Waals surface area contributed by atoms with E-state index < -0.39 is 0 Å². The van der Waals surface area contributed by atoms with Crippen molar-refractivity contribution in [1.82, 2.24) is 14.5 Å². The molecule has 0 N–H and O–H groups in total. The second-order valence-corrected chi connectivity index (χ2v) is 9.79. The molecule has 8 heteroatoms. The lowest BCUT2D eigenvalue weighted by Gasteiger charge is -2.23. The number of rotatable bonds is 6. The summed E-state index contributed by atoms with van der Waals surface area (Å²) in [6, 6.07) is 11.9. The van der Waals surface area contributed by atoms with Crippen molar-refractivity contribution >= 4 is 51.4 Å². The second-order valence-electron chi connectivity index (χ2n) is 7.57. The Morgan fingerprint density at radius 2 is 1.94 bits per heavy atom. The Morgan fingerprint density at radius 3 is 2.62 bits per heavy atom. The van der Waals surface area contributed by atoms with Gasteiger partial charge < -0.3 is 0 Å². The molecule has 0 bridgehead atoms. The third-order valence-corrected chi connectivity index (χ3v) is 7.06. The van der Waals surface area contributed by atoms with E-state index in [1.807, 2.05) is 54.3 Å². The van der Waals surface area contributed by atoms with Crippen molar-refractivity contribution in [3.63, 3.8) is 0 Å². The van der Waals surface area contributed by atoms with Crippen molar-refractivity contribution in [3.05, 3.63) is 81.6 Å². The van der Waals surface area contributed by atoms with E-state index in [1.54, 1.807) is 29.8 Å². The Balaban J connectivity index is 1.56. The Labute approximate surface area is 201 Å². The molecule has 164 valence electrons. The van der Waals surface area contributed by atoms with Gasteiger partial charge in [0.15, 0.2) is 10.3 Å². The fourth-order valence-electron chi connectivity index (χ4n) is 3.74. The highest BCUT2D eigenvalue weighted by molar-refractivity contribution is 7.98. The molecule has 0 aliphatic heterocycles. The number of aryl methyl sites for hydroxylation is 3. The Kier molecular flexibility index (Phi) is 6.69. The zero-order chi connectivity index (χ0) is 22.8. The van der Waals surface area contributed by atoms with Crippen LogP contribution in [0.3, 0.4) is 0 Å². The van der Waals surface area contributed by atoms with Crippen LogP contribution in [0.25, 0.3) is 5.69 Å². The standard InChI is InChI=1S/C24H23ClN4OS2/c1-15-10-16(2)22(17(3)11-15)29(18(4)30)24-27-20(14-32-24)13-31-23-26-8-9-28(23)21-7-5-6-19(25)12-21/h5-12,14H,13H2,1-4H3. The van der Waals surface area contributed by atoms with Gasteiger partial charge >= 0.3 is 0 Å². The van der Waals surface area contributed by atoms with E-state index in [9.17, 15) is 4.79 Å². The molecule has 32 heavy (non-hydrogen) atoms. The molecule has 0 aliphatic rings. The summed E-state index contributed by atoms with van der Waals surface area (Å²) < 4.78 is 2.00. The summed E-state index contributed by atoms with van der Waals surface area (Å²) in [6.45, 7) is 7.71. The number of halogens is 1. The van der Waals surface area contributed by atoms with Crippen molar-refractivity contribution in [2.45, 2.75) is 38.6 Å². The first-order chi connectivity index (χ1) is 15.3. The molecule has 5 nitrogen and oxygen atoms in total. The molecule has 0 atom stereocenters. The number of thioether (sulfide) groups is 1. The quantitative estimate of drug-likeness (QED) is 0.281. The monoisotopic (exact) mass is 482 g/mol. The zero-order valence-electron chi connectivity index (χ0n) is 18.3. The van der Waals surface area contributed by atoms with E-state index in [2.05, 4.69) is 24.0 Å². The zero-order valence-corrected chi connectivity index (χ0v) is 20.7. The number of thiazole rings is 1. The number of carbonyl (C=O) groups excluding carboxylic acids is 1. The minimum Gasteiger partial charge on any atom is -0.295 e. The summed E-state index contributed by atoms with van der Waals surface area (Å²) in [4.78, 5) is 23.6. The molecular formula is C24H23ClN4OS2. The van der Waals surface area contributed by atoms with Gasteiger partial charge in [0.25, 0.3) is 0 Å². The van der Waals surface area contributed by atoms with Gasteiger partial charge in [0.2, 0.25) is 5.91 Å². The van der Waals surface area contributed by atoms with Gasteiger partial charge in [-0.2, -0.15) is 0 Å². The van der Waals surface area contributed by atoms with Gasteiger partial charge in [-0.3, -0.25) is 14.3 Å². The lowest BCUT2D eigenvalue weighted by atomic mass is 10.0. The van der Waals surface area contributed by atoms with Gasteiger partial charge in [0.05, 0.1) is 11.4 Å². The maximum absolute atomic E-state index is 12.6. The molecule has 0 aliphatic carbocycles. The van der Waals surface area contributed by atoms with Crippen molar-refractivity contribution in [3.8, 4) is 5.69 Å². The van der Waals surface area contributed by atoms with Crippen LogP contribution in [0.15, 0.2) is 59.3 Å². The highest BCUT2D eigenvalue weighted by atomic mass is 35.5. The SMILES string of the molecule is CC(=O)N(c1nc(CSc2nccn2-c2cccc(Cl)c2)cs1)c1c(C)cc(C)cc1C. The van der Waals surface area contributed by atoms with Crippen LogP contribution in [0.4, 0.5) is 10.8 Å². The molecule has 2 aromatic carbocycles. The molecule has 4 aromatic rings. The van der Waals surface area contributed by atoms with E-state index in [0.717, 1.165) is 33.4 Å². The van der Waals surface area contributed by atoms with Gasteiger partial charge in [-0.1, -0.05) is 47.1 Å². The fourth-order valence-corrected chi connectivity index (χ4v) is 5.76. The van der Waals surface area contributed by atoms with Crippen molar-refractivity contribution in [2.75, 3.05) is 4.90 Å². The smallest absolute Gasteiger partial charge is 0.230 e. The van der Waals surface area contributed by atoms with E-state index in [0.29, 0.717) is 15.9 Å². The number of hydrogen-bond acceptors (Lipinski definition) is 5. The Hall–Kier alpha value is -2.61. The number of amides is 1. The largest absolute Gasteiger partial charge is 0.295 e. The average Bonchev–Trinajstić information content (AvgIpc) is 3.38. The van der Waals surface area contributed by atoms with Crippen LogP contribution in [-0.4, -0.2) is 20.4 Å². The third-order valence-electron chi connectivity index (χ3n) is 4.95. The average molecular weight is 483 g/mol. The molecule has 0 radical (unpaired) electrons. The predicted octanol–water partition coefficient (Wildman–Crippen LogP) is 6.88. The Bertz CT molecular complexity index is 1260. The molecule has 4 rings (SSSR count). The number of benzene rings is 2. The van der Waals surface area contributed by atoms with Gasteiger partial charge in [0.1, 0.15) is 0 Å². The minimum atomic E-state index is -0.0508. The highest BCUT2D eigenvalue weighted by Gasteiger charge is 2.22. The maximum Gasteiger partial charge on any atom is 0.230 e. The van der Waals surface area contributed by atoms with Crippen LogP contribution in [0.1, 0.15) is 29.3 Å². The second kappa shape index (κ2) is 9.48. The van der Waals surface area contributed by atoms with Gasteiger partial charge in [-0.25, -0.2) is 9.97 Å². The molecule has 0 fully saturated rings. The van der Waals surface area contributed by atoms with Crippen LogP contribution in [0.5, 0.6) is 0 Å². The Morgan fingerprint density at radius 1 is 1.19 bits per heavy atom. The lowest BCUT2D eigenvalue weighted by molar-refractivity contribution is -0.115. The first-order valence-electron chi connectivity index (χ1n) is 10.1. The molecular weight excluding hydrogens is 460 g/mol. The van der Waals surface area contributed by atoms with Gasteiger partial charge in [-0.05, 0) is 50.1 Å². The number of imidazole rings is 1. The number of nitrogens with zero attached hydrogens (tertiary/aromatic N) is 4. The van der Waals surface area contributed by atoms with E-state index >= 15 is 0 Å². The van der Waals surface area contributed by atoms with Crippen LogP contribution in [-0.2, 0) is 10.5 Å². The van der Waals surface area contributed by atoms with Crippen LogP contribution >= 0.6 is 34.7 Å². The number of anilines is 2. The van der Waals surface area contributed by atoms with E-state index in [1.165, 1.54) is 16.9 Å². The molecule has 0 saturated heterocycles. The molecule has 0 saturated carbocycles. The fraction of sp³-hybridized carbons (Fsp3) is 0.208. The molecule has 2 aromatic heterocycles. The number of carbonyl (C=O) groups is 1. The van der Waals surface area contributed by atoms with Gasteiger partial charge in [-0.15, -0.1) is 11.3 Å². The summed E-state index contributed by atoms with van der Waals surface area (Å²) in [5, 5.41) is 4.23. The molecule has 0 spiro atoms. The predicted molar refractivity (Wildman–Crippen MR) is 134 cm³/mol. The summed E-state index contributed by atoms with van der Waals surface area (Å²) in [6.07, 6.45) is 3.69. The first-order valence-corrected chi connectivity index (χ1v) is 12.3. The first kappa shape index (κ1) is 22.6. The summed E-state index contributed by atoms with van der Waals surface area (Å²) >= 11 is 9.22. The lowest BCUT2D eigenvalue weighted by Crippen LogP contribution is -2.24. The molecule has 2 heterocycles. The summed E-state index contributed by atoms with van der Waals surface area (Å²) in [5.41, 5.74) is 6.08. The summed E-state index contributed by atoms with van der Waals surface area (Å²) in [7, 11) is 0. The number of hydrogen-bond donors (Lipinski definition) is 0. The van der Waals surface area contributed by atoms with Crippen molar-refractivity contribution in [2.24, 2.45) is 0 Å². The van der Waals surface area contributed by atoms with Gasteiger partial charge in [0, 0.05) is 41.2 Å². The molecule has 0 unspecified atom stereocenters. The maximum atomic E-state index is 12.6. The summed E-state index contributed by atoms with van der Waals surface area (Å²) in [5.74, 6) is 0.594.